The minimum absolute atomic E-state index is 0.0221. The van der Waals surface area contributed by atoms with Crippen molar-refractivity contribution in [1.29, 1.82) is 0 Å². The van der Waals surface area contributed by atoms with E-state index < -0.39 is 0 Å². The van der Waals surface area contributed by atoms with Gasteiger partial charge in [0.1, 0.15) is 11.9 Å². The Bertz CT molecular complexity index is 450. The first kappa shape index (κ1) is 16.2. The molecule has 1 N–H and O–H groups in total. The molecule has 112 valence electrons. The molecule has 0 amide bonds. The molecule has 0 spiro atoms. The van der Waals surface area contributed by atoms with Gasteiger partial charge in [0.05, 0.1) is 21.2 Å². The molecule has 1 saturated heterocycles. The van der Waals surface area contributed by atoms with Gasteiger partial charge in [0, 0.05) is 25.8 Å². The molecular weight excluding hydrogens is 321 g/mol. The zero-order chi connectivity index (χ0) is 14.5. The molecule has 0 aliphatic carbocycles. The van der Waals surface area contributed by atoms with E-state index in [1.807, 2.05) is 6.92 Å². The van der Waals surface area contributed by atoms with Crippen molar-refractivity contribution in [2.75, 3.05) is 19.7 Å². The van der Waals surface area contributed by atoms with Gasteiger partial charge in [-0.2, -0.15) is 0 Å². The molecule has 1 fully saturated rings. The van der Waals surface area contributed by atoms with E-state index >= 15 is 0 Å². The van der Waals surface area contributed by atoms with Crippen molar-refractivity contribution < 1.29 is 9.47 Å². The van der Waals surface area contributed by atoms with Crippen molar-refractivity contribution in [1.82, 2.24) is 5.32 Å². The van der Waals surface area contributed by atoms with Crippen LogP contribution in [0.1, 0.15) is 19.8 Å². The number of ether oxygens (including phenoxy) is 2. The number of hydrogen-bond acceptors (Lipinski definition) is 3. The zero-order valence-electron chi connectivity index (χ0n) is 11.3. The highest BCUT2D eigenvalue weighted by Crippen LogP contribution is 2.34. The Balaban J connectivity index is 1.78. The Morgan fingerprint density at radius 2 is 2.05 bits per heavy atom. The molecule has 2 rings (SSSR count). The van der Waals surface area contributed by atoms with Crippen LogP contribution >= 0.6 is 34.8 Å². The Morgan fingerprint density at radius 1 is 1.30 bits per heavy atom. The summed E-state index contributed by atoms with van der Waals surface area (Å²) in [5.74, 6) is 0.549. The third-order valence-corrected chi connectivity index (χ3v) is 4.15. The summed E-state index contributed by atoms with van der Waals surface area (Å²) in [6, 6.07) is 3.23. The summed E-state index contributed by atoms with van der Waals surface area (Å²) in [4.78, 5) is 0. The molecule has 1 aromatic rings. The first-order valence-electron chi connectivity index (χ1n) is 6.70. The van der Waals surface area contributed by atoms with E-state index in [4.69, 9.17) is 44.3 Å². The van der Waals surface area contributed by atoms with Crippen molar-refractivity contribution in [3.63, 3.8) is 0 Å². The summed E-state index contributed by atoms with van der Waals surface area (Å²) in [7, 11) is 0. The summed E-state index contributed by atoms with van der Waals surface area (Å²) in [6.07, 6.45) is 2.58. The average molecular weight is 339 g/mol. The summed E-state index contributed by atoms with van der Waals surface area (Å²) in [5, 5.41) is 4.66. The maximum absolute atomic E-state index is 6.07. The summed E-state index contributed by atoms with van der Waals surface area (Å²) < 4.78 is 11.3. The highest BCUT2D eigenvalue weighted by Gasteiger charge is 2.16. The standard InChI is InChI=1S/C14H18Cl3NO2/c1-9(7-18-8-10-3-2-4-19-10)20-14-6-12(16)11(15)5-13(14)17/h5-6,9-10,18H,2-4,7-8H2,1H3. The van der Waals surface area contributed by atoms with Gasteiger partial charge in [0.15, 0.2) is 0 Å². The topological polar surface area (TPSA) is 30.5 Å². The predicted molar refractivity (Wildman–Crippen MR) is 83.4 cm³/mol. The van der Waals surface area contributed by atoms with Gasteiger partial charge >= 0.3 is 0 Å². The molecule has 2 unspecified atom stereocenters. The molecule has 1 heterocycles. The maximum atomic E-state index is 6.07. The van der Waals surface area contributed by atoms with E-state index in [0.717, 1.165) is 32.5 Å². The second kappa shape index (κ2) is 7.71. The fraction of sp³-hybridized carbons (Fsp3) is 0.571. The van der Waals surface area contributed by atoms with E-state index in [0.29, 0.717) is 26.9 Å². The summed E-state index contributed by atoms with van der Waals surface area (Å²) in [5.41, 5.74) is 0. The minimum atomic E-state index is -0.0221. The molecule has 2 atom stereocenters. The maximum Gasteiger partial charge on any atom is 0.139 e. The molecule has 0 aromatic heterocycles. The van der Waals surface area contributed by atoms with Crippen LogP contribution in [0.2, 0.25) is 15.1 Å². The van der Waals surface area contributed by atoms with E-state index in [1.54, 1.807) is 12.1 Å². The first-order chi connectivity index (χ1) is 9.56. The molecule has 1 aromatic carbocycles. The minimum Gasteiger partial charge on any atom is -0.488 e. The van der Waals surface area contributed by atoms with Crippen molar-refractivity contribution in [3.05, 3.63) is 27.2 Å². The van der Waals surface area contributed by atoms with E-state index in [9.17, 15) is 0 Å². The molecule has 1 aliphatic rings. The lowest BCUT2D eigenvalue weighted by atomic mass is 10.2. The monoisotopic (exact) mass is 337 g/mol. The molecule has 0 bridgehead atoms. The number of nitrogens with one attached hydrogen (secondary N) is 1. The van der Waals surface area contributed by atoms with Crippen LogP contribution in [-0.4, -0.2) is 31.9 Å². The van der Waals surface area contributed by atoms with Crippen molar-refractivity contribution >= 4 is 34.8 Å². The number of benzene rings is 1. The molecule has 0 saturated carbocycles. The second-order valence-corrected chi connectivity index (χ2v) is 6.14. The van der Waals surface area contributed by atoms with Crippen molar-refractivity contribution in [2.45, 2.75) is 32.0 Å². The average Bonchev–Trinajstić information content (AvgIpc) is 2.89. The molecule has 20 heavy (non-hydrogen) atoms. The lowest BCUT2D eigenvalue weighted by molar-refractivity contribution is 0.106. The second-order valence-electron chi connectivity index (χ2n) is 4.92. The van der Waals surface area contributed by atoms with Crippen LogP contribution in [0.4, 0.5) is 0 Å². The lowest BCUT2D eigenvalue weighted by Crippen LogP contribution is -2.34. The van der Waals surface area contributed by atoms with Gasteiger partial charge < -0.3 is 14.8 Å². The summed E-state index contributed by atoms with van der Waals surface area (Å²) >= 11 is 17.9. The molecule has 6 heteroatoms. The lowest BCUT2D eigenvalue weighted by Gasteiger charge is -2.18. The quantitative estimate of drug-likeness (QED) is 0.789. The van der Waals surface area contributed by atoms with Crippen LogP contribution in [-0.2, 0) is 4.74 Å². The largest absolute Gasteiger partial charge is 0.488 e. The van der Waals surface area contributed by atoms with Crippen LogP contribution in [0.3, 0.4) is 0 Å². The first-order valence-corrected chi connectivity index (χ1v) is 7.83. The van der Waals surface area contributed by atoms with Crippen LogP contribution in [0.25, 0.3) is 0 Å². The molecule has 0 radical (unpaired) electrons. The number of hydrogen-bond donors (Lipinski definition) is 1. The van der Waals surface area contributed by atoms with Crippen LogP contribution < -0.4 is 10.1 Å². The third kappa shape index (κ3) is 4.68. The van der Waals surface area contributed by atoms with Gasteiger partial charge in [0.2, 0.25) is 0 Å². The molecule has 1 aliphatic heterocycles. The van der Waals surface area contributed by atoms with Gasteiger partial charge in [-0.1, -0.05) is 34.8 Å². The zero-order valence-corrected chi connectivity index (χ0v) is 13.6. The molecule has 3 nitrogen and oxygen atoms in total. The SMILES string of the molecule is CC(CNCC1CCCO1)Oc1cc(Cl)c(Cl)cc1Cl. The number of halogens is 3. The predicted octanol–water partition coefficient (Wildman–Crippen LogP) is 4.18. The fourth-order valence-electron chi connectivity index (χ4n) is 2.11. The van der Waals surface area contributed by atoms with Gasteiger partial charge in [-0.15, -0.1) is 0 Å². The Labute approximate surface area is 134 Å². The highest BCUT2D eigenvalue weighted by molar-refractivity contribution is 6.43. The fourth-order valence-corrected chi connectivity index (χ4v) is 2.69. The third-order valence-electron chi connectivity index (χ3n) is 3.13. The van der Waals surface area contributed by atoms with E-state index in [-0.39, 0.29) is 6.10 Å². The Hall–Kier alpha value is -0.190. The van der Waals surface area contributed by atoms with E-state index in [1.165, 1.54) is 0 Å². The van der Waals surface area contributed by atoms with Gasteiger partial charge in [-0.3, -0.25) is 0 Å². The van der Waals surface area contributed by atoms with Crippen LogP contribution in [0, 0.1) is 0 Å². The number of rotatable bonds is 6. The van der Waals surface area contributed by atoms with Crippen LogP contribution in [0.5, 0.6) is 5.75 Å². The highest BCUT2D eigenvalue weighted by atomic mass is 35.5. The Morgan fingerprint density at radius 3 is 2.75 bits per heavy atom. The van der Waals surface area contributed by atoms with Crippen LogP contribution in [0.15, 0.2) is 12.1 Å². The Kier molecular flexibility index (Phi) is 6.24. The van der Waals surface area contributed by atoms with Gasteiger partial charge in [0.25, 0.3) is 0 Å². The summed E-state index contributed by atoms with van der Waals surface area (Å²) in [6.45, 7) is 4.41. The van der Waals surface area contributed by atoms with Gasteiger partial charge in [-0.25, -0.2) is 0 Å². The van der Waals surface area contributed by atoms with E-state index in [2.05, 4.69) is 5.32 Å². The van der Waals surface area contributed by atoms with Crippen molar-refractivity contribution in [2.24, 2.45) is 0 Å². The van der Waals surface area contributed by atoms with Gasteiger partial charge in [-0.05, 0) is 25.8 Å². The van der Waals surface area contributed by atoms with Crippen molar-refractivity contribution in [3.8, 4) is 5.75 Å². The normalized spacial score (nSPS) is 20.1. The molecular formula is C14H18Cl3NO2. The smallest absolute Gasteiger partial charge is 0.139 e.